The maximum absolute atomic E-state index is 13.1. The van der Waals surface area contributed by atoms with Crippen LogP contribution in [-0.2, 0) is 17.8 Å². The van der Waals surface area contributed by atoms with Crippen LogP contribution in [0.1, 0.15) is 39.9 Å². The number of carbonyl (C=O) groups is 2. The first-order valence-electron chi connectivity index (χ1n) is 12.0. The molecule has 6 nitrogen and oxygen atoms in total. The number of amides is 2. The van der Waals surface area contributed by atoms with Crippen LogP contribution in [0.3, 0.4) is 0 Å². The van der Waals surface area contributed by atoms with Gasteiger partial charge < -0.3 is 15.1 Å². The van der Waals surface area contributed by atoms with Gasteiger partial charge in [0.15, 0.2) is 0 Å². The summed E-state index contributed by atoms with van der Waals surface area (Å²) in [6.07, 6.45) is 4.06. The number of hydrogen-bond acceptors (Lipinski definition) is 4. The van der Waals surface area contributed by atoms with Gasteiger partial charge >= 0.3 is 0 Å². The number of nitrogens with one attached hydrogen (secondary N) is 1. The van der Waals surface area contributed by atoms with E-state index in [1.165, 1.54) is 11.1 Å². The van der Waals surface area contributed by atoms with E-state index in [1.807, 2.05) is 36.1 Å². The van der Waals surface area contributed by atoms with Gasteiger partial charge in [0, 0.05) is 49.5 Å². The Kier molecular flexibility index (Phi) is 6.30. The molecule has 0 aliphatic carbocycles. The van der Waals surface area contributed by atoms with Crippen molar-refractivity contribution in [2.24, 2.45) is 5.92 Å². The Morgan fingerprint density at radius 3 is 2.41 bits per heavy atom. The van der Waals surface area contributed by atoms with Gasteiger partial charge in [-0.05, 0) is 79.3 Å². The molecule has 3 aromatic rings. The first kappa shape index (κ1) is 22.1. The molecule has 6 heteroatoms. The van der Waals surface area contributed by atoms with Gasteiger partial charge in [-0.3, -0.25) is 9.59 Å². The van der Waals surface area contributed by atoms with Gasteiger partial charge in [-0.25, -0.2) is 4.98 Å². The molecule has 1 N–H and O–H groups in total. The number of likely N-dealkylation sites (tertiary alicyclic amines) is 1. The van der Waals surface area contributed by atoms with Crippen molar-refractivity contribution in [2.45, 2.75) is 32.7 Å². The van der Waals surface area contributed by atoms with E-state index in [0.717, 1.165) is 30.8 Å². The molecule has 2 aliphatic rings. The molecule has 1 fully saturated rings. The van der Waals surface area contributed by atoms with E-state index < -0.39 is 0 Å². The van der Waals surface area contributed by atoms with E-state index in [2.05, 4.69) is 51.6 Å². The predicted octanol–water partition coefficient (Wildman–Crippen LogP) is 4.44. The van der Waals surface area contributed by atoms with Crippen LogP contribution < -0.4 is 10.2 Å². The lowest BCUT2D eigenvalue weighted by atomic mass is 9.95. The number of anilines is 2. The number of benzene rings is 2. The molecule has 174 valence electrons. The zero-order valence-electron chi connectivity index (χ0n) is 19.5. The summed E-state index contributed by atoms with van der Waals surface area (Å²) in [6.45, 7) is 5.03. The second-order valence-corrected chi connectivity index (χ2v) is 9.26. The number of aromatic nitrogens is 1. The summed E-state index contributed by atoms with van der Waals surface area (Å²) in [4.78, 5) is 34.1. The molecule has 34 heavy (non-hydrogen) atoms. The van der Waals surface area contributed by atoms with Gasteiger partial charge in [-0.1, -0.05) is 24.3 Å². The fraction of sp³-hybridized carbons (Fsp3) is 0.321. The maximum atomic E-state index is 13.1. The number of pyridine rings is 1. The predicted molar refractivity (Wildman–Crippen MR) is 134 cm³/mol. The van der Waals surface area contributed by atoms with E-state index in [-0.39, 0.29) is 17.7 Å². The number of fused-ring (bicyclic) bond motifs is 1. The number of carbonyl (C=O) groups excluding carboxylic acids is 2. The van der Waals surface area contributed by atoms with Crippen molar-refractivity contribution in [1.29, 1.82) is 0 Å². The third-order valence-electron chi connectivity index (χ3n) is 6.93. The Hall–Kier alpha value is -3.67. The quantitative estimate of drug-likeness (QED) is 0.633. The zero-order valence-corrected chi connectivity index (χ0v) is 19.5. The average Bonchev–Trinajstić information content (AvgIpc) is 2.88. The minimum atomic E-state index is -0.101. The lowest BCUT2D eigenvalue weighted by Crippen LogP contribution is -2.41. The molecule has 5 rings (SSSR count). The van der Waals surface area contributed by atoms with Crippen molar-refractivity contribution in [2.75, 3.05) is 29.9 Å². The Morgan fingerprint density at radius 1 is 0.941 bits per heavy atom. The summed E-state index contributed by atoms with van der Waals surface area (Å²) in [7, 11) is 0. The molecule has 0 atom stereocenters. The van der Waals surface area contributed by atoms with Crippen LogP contribution in [0.25, 0.3) is 0 Å². The van der Waals surface area contributed by atoms with E-state index in [9.17, 15) is 9.59 Å². The Balaban J connectivity index is 1.15. The lowest BCUT2D eigenvalue weighted by molar-refractivity contribution is -0.121. The molecular formula is C28H30N4O2. The van der Waals surface area contributed by atoms with Crippen LogP contribution >= 0.6 is 0 Å². The van der Waals surface area contributed by atoms with Crippen LogP contribution in [0.15, 0.2) is 66.9 Å². The summed E-state index contributed by atoms with van der Waals surface area (Å²) >= 11 is 0. The molecule has 0 spiro atoms. The number of rotatable bonds is 4. The van der Waals surface area contributed by atoms with Crippen LogP contribution in [0.4, 0.5) is 11.5 Å². The normalized spacial score (nSPS) is 16.1. The van der Waals surface area contributed by atoms with E-state index >= 15 is 0 Å². The van der Waals surface area contributed by atoms with Gasteiger partial charge in [0.1, 0.15) is 5.82 Å². The van der Waals surface area contributed by atoms with Crippen molar-refractivity contribution in [1.82, 2.24) is 9.88 Å². The van der Waals surface area contributed by atoms with Crippen LogP contribution in [0.2, 0.25) is 0 Å². The summed E-state index contributed by atoms with van der Waals surface area (Å²) < 4.78 is 0. The summed E-state index contributed by atoms with van der Waals surface area (Å²) in [5.41, 5.74) is 5.71. The van der Waals surface area contributed by atoms with Crippen molar-refractivity contribution >= 4 is 23.3 Å². The molecule has 2 aromatic carbocycles. The second kappa shape index (κ2) is 9.67. The number of piperidine rings is 1. The highest BCUT2D eigenvalue weighted by Gasteiger charge is 2.28. The molecule has 0 saturated carbocycles. The van der Waals surface area contributed by atoms with Gasteiger partial charge in [-0.2, -0.15) is 0 Å². The summed E-state index contributed by atoms with van der Waals surface area (Å²) in [5.74, 6) is 0.504. The van der Waals surface area contributed by atoms with E-state index in [4.69, 9.17) is 0 Å². The molecule has 0 bridgehead atoms. The standard InChI is InChI=1S/C28H30N4O2/c1-20-10-14-29-26(18-20)30-27(33)22-12-15-31(16-13-22)28(34)23-6-8-25(9-7-23)32-17-11-21-4-2-3-5-24(21)19-32/h2-10,14,18,22H,11-13,15-17,19H2,1H3,(H,29,30,33). The fourth-order valence-corrected chi connectivity index (χ4v) is 4.89. The summed E-state index contributed by atoms with van der Waals surface area (Å²) in [6, 6.07) is 20.3. The molecule has 3 heterocycles. The molecular weight excluding hydrogens is 424 g/mol. The van der Waals surface area contributed by atoms with Gasteiger partial charge in [0.25, 0.3) is 5.91 Å². The van der Waals surface area contributed by atoms with Gasteiger partial charge in [-0.15, -0.1) is 0 Å². The molecule has 2 amide bonds. The Labute approximate surface area is 200 Å². The van der Waals surface area contributed by atoms with E-state index in [1.54, 1.807) is 6.20 Å². The van der Waals surface area contributed by atoms with E-state index in [0.29, 0.717) is 37.3 Å². The minimum absolute atomic E-state index is 0.0161. The molecule has 0 unspecified atom stereocenters. The first-order chi connectivity index (χ1) is 16.6. The molecule has 1 aromatic heterocycles. The highest BCUT2D eigenvalue weighted by Crippen LogP contribution is 2.26. The van der Waals surface area contributed by atoms with Gasteiger partial charge in [0.2, 0.25) is 5.91 Å². The van der Waals surface area contributed by atoms with Gasteiger partial charge in [0.05, 0.1) is 0 Å². The third-order valence-corrected chi connectivity index (χ3v) is 6.93. The Morgan fingerprint density at radius 2 is 1.68 bits per heavy atom. The third kappa shape index (κ3) is 4.81. The van der Waals surface area contributed by atoms with Crippen LogP contribution in [0, 0.1) is 12.8 Å². The maximum Gasteiger partial charge on any atom is 0.253 e. The SMILES string of the molecule is Cc1ccnc(NC(=O)C2CCN(C(=O)c3ccc(N4CCc5ccccc5C4)cc3)CC2)c1. The second-order valence-electron chi connectivity index (χ2n) is 9.26. The Bertz CT molecular complexity index is 1180. The van der Waals surface area contributed by atoms with Crippen LogP contribution in [0.5, 0.6) is 0 Å². The minimum Gasteiger partial charge on any atom is -0.367 e. The molecule has 2 aliphatic heterocycles. The topological polar surface area (TPSA) is 65.5 Å². The van der Waals surface area contributed by atoms with Crippen molar-refractivity contribution in [3.8, 4) is 0 Å². The highest BCUT2D eigenvalue weighted by atomic mass is 16.2. The molecule has 0 radical (unpaired) electrons. The number of aryl methyl sites for hydroxylation is 1. The largest absolute Gasteiger partial charge is 0.367 e. The van der Waals surface area contributed by atoms with Crippen molar-refractivity contribution < 1.29 is 9.59 Å². The number of nitrogens with zero attached hydrogens (tertiary/aromatic N) is 3. The first-order valence-corrected chi connectivity index (χ1v) is 12.0. The molecule has 1 saturated heterocycles. The number of hydrogen-bond donors (Lipinski definition) is 1. The van der Waals surface area contributed by atoms with Crippen molar-refractivity contribution in [3.05, 3.63) is 89.1 Å². The monoisotopic (exact) mass is 454 g/mol. The smallest absolute Gasteiger partial charge is 0.253 e. The van der Waals surface area contributed by atoms with Crippen LogP contribution in [-0.4, -0.2) is 41.3 Å². The summed E-state index contributed by atoms with van der Waals surface area (Å²) in [5, 5.41) is 2.91. The lowest BCUT2D eigenvalue weighted by Gasteiger charge is -2.32. The average molecular weight is 455 g/mol. The zero-order chi connectivity index (χ0) is 23.5. The van der Waals surface area contributed by atoms with Crippen molar-refractivity contribution in [3.63, 3.8) is 0 Å². The highest BCUT2D eigenvalue weighted by molar-refractivity contribution is 5.95. The fourth-order valence-electron chi connectivity index (χ4n) is 4.89.